The van der Waals surface area contributed by atoms with Crippen molar-refractivity contribution in [3.05, 3.63) is 29.3 Å². The fourth-order valence-electron chi connectivity index (χ4n) is 3.53. The zero-order valence-corrected chi connectivity index (χ0v) is 15.1. The van der Waals surface area contributed by atoms with Crippen LogP contribution in [0.25, 0.3) is 0 Å². The number of fused-ring (bicyclic) bond motifs is 1. The fourth-order valence-corrected chi connectivity index (χ4v) is 6.10. The van der Waals surface area contributed by atoms with Gasteiger partial charge in [0.25, 0.3) is 0 Å². The molecule has 6 heteroatoms. The van der Waals surface area contributed by atoms with E-state index in [1.807, 2.05) is 6.92 Å². The number of hydrogen-bond donors (Lipinski definition) is 0. The first-order valence-electron chi connectivity index (χ1n) is 8.23. The molecule has 1 aromatic rings. The summed E-state index contributed by atoms with van der Waals surface area (Å²) in [5.41, 5.74) is 2.85. The number of rotatable bonds is 5. The Morgan fingerprint density at radius 2 is 2.09 bits per heavy atom. The van der Waals surface area contributed by atoms with E-state index >= 15 is 0 Å². The second-order valence-corrected chi connectivity index (χ2v) is 9.59. The molecule has 1 fully saturated rings. The van der Waals surface area contributed by atoms with E-state index in [2.05, 4.69) is 18.2 Å². The molecule has 1 aromatic carbocycles. The predicted molar refractivity (Wildman–Crippen MR) is 93.6 cm³/mol. The van der Waals surface area contributed by atoms with Crippen molar-refractivity contribution in [3.63, 3.8) is 0 Å². The van der Waals surface area contributed by atoms with Gasteiger partial charge in [0.1, 0.15) is 0 Å². The number of aryl methyl sites for hydroxylation is 2. The first kappa shape index (κ1) is 16.8. The lowest BCUT2D eigenvalue weighted by Crippen LogP contribution is -2.41. The quantitative estimate of drug-likeness (QED) is 0.762. The summed E-state index contributed by atoms with van der Waals surface area (Å²) in [6, 6.07) is 6.34. The van der Waals surface area contributed by atoms with E-state index < -0.39 is 9.84 Å². The van der Waals surface area contributed by atoms with Gasteiger partial charge in [0, 0.05) is 17.5 Å². The van der Waals surface area contributed by atoms with Crippen LogP contribution in [0.2, 0.25) is 0 Å². The largest absolute Gasteiger partial charge is 0.338 e. The average Bonchev–Trinajstić information content (AvgIpc) is 3.11. The van der Waals surface area contributed by atoms with Gasteiger partial charge in [-0.1, -0.05) is 6.07 Å². The van der Waals surface area contributed by atoms with Gasteiger partial charge < -0.3 is 4.90 Å². The third kappa shape index (κ3) is 3.91. The summed E-state index contributed by atoms with van der Waals surface area (Å²) in [6.45, 7) is 2.49. The maximum atomic E-state index is 12.5. The van der Waals surface area contributed by atoms with Gasteiger partial charge in [0.15, 0.2) is 9.84 Å². The van der Waals surface area contributed by atoms with E-state index in [9.17, 15) is 13.2 Å². The van der Waals surface area contributed by atoms with Crippen molar-refractivity contribution in [3.8, 4) is 0 Å². The van der Waals surface area contributed by atoms with Crippen LogP contribution >= 0.6 is 11.8 Å². The Morgan fingerprint density at radius 1 is 1.30 bits per heavy atom. The average molecular weight is 354 g/mol. The molecule has 0 saturated carbocycles. The summed E-state index contributed by atoms with van der Waals surface area (Å²) < 4.78 is 23.3. The molecule has 1 aliphatic heterocycles. The van der Waals surface area contributed by atoms with Crippen LogP contribution in [-0.4, -0.2) is 49.1 Å². The van der Waals surface area contributed by atoms with Crippen molar-refractivity contribution in [1.82, 2.24) is 4.90 Å². The number of thioether (sulfide) groups is 1. The Kier molecular flexibility index (Phi) is 5.01. The minimum Gasteiger partial charge on any atom is -0.338 e. The number of benzene rings is 1. The standard InChI is InChI=1S/C17H23NO3S2/c1-2-18(15-8-9-23(20,21)12-15)17(19)11-22-16-7-6-13-4-3-5-14(13)10-16/h6-7,10,15H,2-5,8-9,11-12H2,1H3. The van der Waals surface area contributed by atoms with Crippen LogP contribution in [0.4, 0.5) is 0 Å². The minimum absolute atomic E-state index is 0.0418. The van der Waals surface area contributed by atoms with Crippen molar-refractivity contribution in [2.75, 3.05) is 23.8 Å². The summed E-state index contributed by atoms with van der Waals surface area (Å²) in [5, 5.41) is 0. The number of hydrogen-bond acceptors (Lipinski definition) is 4. The molecule has 1 saturated heterocycles. The maximum absolute atomic E-state index is 12.5. The Labute approximate surface area is 142 Å². The smallest absolute Gasteiger partial charge is 0.233 e. The Morgan fingerprint density at radius 3 is 2.78 bits per heavy atom. The molecule has 23 heavy (non-hydrogen) atoms. The van der Waals surface area contributed by atoms with E-state index in [4.69, 9.17) is 0 Å². The zero-order valence-electron chi connectivity index (χ0n) is 13.5. The first-order valence-corrected chi connectivity index (χ1v) is 11.0. The van der Waals surface area contributed by atoms with E-state index in [1.54, 1.807) is 16.7 Å². The van der Waals surface area contributed by atoms with E-state index in [0.717, 1.165) is 11.3 Å². The van der Waals surface area contributed by atoms with Crippen LogP contribution in [0.5, 0.6) is 0 Å². The number of sulfone groups is 1. The maximum Gasteiger partial charge on any atom is 0.233 e. The zero-order chi connectivity index (χ0) is 16.4. The number of nitrogens with zero attached hydrogens (tertiary/aromatic N) is 1. The Hall–Kier alpha value is -1.01. The molecule has 1 unspecified atom stereocenters. The lowest BCUT2D eigenvalue weighted by atomic mass is 10.1. The van der Waals surface area contributed by atoms with Crippen molar-refractivity contribution >= 4 is 27.5 Å². The summed E-state index contributed by atoms with van der Waals surface area (Å²) >= 11 is 1.56. The van der Waals surface area contributed by atoms with Gasteiger partial charge >= 0.3 is 0 Å². The minimum atomic E-state index is -2.96. The second-order valence-electron chi connectivity index (χ2n) is 6.31. The molecule has 1 atom stereocenters. The molecule has 0 N–H and O–H groups in total. The molecule has 1 heterocycles. The van der Waals surface area contributed by atoms with Gasteiger partial charge in [-0.25, -0.2) is 8.42 Å². The van der Waals surface area contributed by atoms with Crippen molar-refractivity contribution in [2.24, 2.45) is 0 Å². The molecule has 1 amide bonds. The highest BCUT2D eigenvalue weighted by atomic mass is 32.2. The van der Waals surface area contributed by atoms with Gasteiger partial charge in [-0.05, 0) is 55.9 Å². The lowest BCUT2D eigenvalue weighted by Gasteiger charge is -2.26. The van der Waals surface area contributed by atoms with Crippen molar-refractivity contribution in [2.45, 2.75) is 43.5 Å². The molecule has 126 valence electrons. The summed E-state index contributed by atoms with van der Waals surface area (Å²) in [4.78, 5) is 15.4. The van der Waals surface area contributed by atoms with E-state index in [-0.39, 0.29) is 23.5 Å². The van der Waals surface area contributed by atoms with Gasteiger partial charge in [-0.15, -0.1) is 11.8 Å². The molecule has 4 nitrogen and oxygen atoms in total. The van der Waals surface area contributed by atoms with Crippen LogP contribution in [-0.2, 0) is 27.5 Å². The van der Waals surface area contributed by atoms with Crippen LogP contribution in [0, 0.1) is 0 Å². The highest BCUT2D eigenvalue weighted by Crippen LogP contribution is 2.28. The normalized spacial score (nSPS) is 22.0. The number of amides is 1. The molecule has 0 bridgehead atoms. The van der Waals surface area contributed by atoms with Crippen LogP contribution in [0.3, 0.4) is 0 Å². The Balaban J connectivity index is 1.59. The van der Waals surface area contributed by atoms with Crippen LogP contribution in [0.1, 0.15) is 30.9 Å². The van der Waals surface area contributed by atoms with Gasteiger partial charge in [-0.3, -0.25) is 4.79 Å². The van der Waals surface area contributed by atoms with Crippen LogP contribution < -0.4 is 0 Å². The SMILES string of the molecule is CCN(C(=O)CSc1ccc2c(c1)CCC2)C1CCS(=O)(=O)C1. The monoisotopic (exact) mass is 353 g/mol. The fraction of sp³-hybridized carbons (Fsp3) is 0.588. The number of carbonyl (C=O) groups is 1. The predicted octanol–water partition coefficient (Wildman–Crippen LogP) is 2.30. The van der Waals surface area contributed by atoms with Crippen molar-refractivity contribution < 1.29 is 13.2 Å². The Bertz CT molecular complexity index is 700. The molecule has 0 spiro atoms. The van der Waals surface area contributed by atoms with Gasteiger partial charge in [0.05, 0.1) is 17.3 Å². The lowest BCUT2D eigenvalue weighted by molar-refractivity contribution is -0.129. The van der Waals surface area contributed by atoms with Gasteiger partial charge in [0.2, 0.25) is 5.91 Å². The topological polar surface area (TPSA) is 54.5 Å². The van der Waals surface area contributed by atoms with Crippen LogP contribution in [0.15, 0.2) is 23.1 Å². The molecule has 1 aliphatic carbocycles. The van der Waals surface area contributed by atoms with E-state index in [1.165, 1.54) is 24.0 Å². The molecule has 2 aliphatic rings. The highest BCUT2D eigenvalue weighted by molar-refractivity contribution is 8.00. The summed E-state index contributed by atoms with van der Waals surface area (Å²) in [6.07, 6.45) is 4.10. The molecular formula is C17H23NO3S2. The third-order valence-electron chi connectivity index (χ3n) is 4.74. The molecule has 0 aromatic heterocycles. The third-order valence-corrected chi connectivity index (χ3v) is 7.47. The first-order chi connectivity index (χ1) is 11.0. The summed E-state index contributed by atoms with van der Waals surface area (Å²) in [7, 11) is -2.96. The second kappa shape index (κ2) is 6.85. The van der Waals surface area contributed by atoms with Crippen molar-refractivity contribution in [1.29, 1.82) is 0 Å². The summed E-state index contributed by atoms with van der Waals surface area (Å²) in [5.74, 6) is 0.749. The molecular weight excluding hydrogens is 330 g/mol. The molecule has 3 rings (SSSR count). The van der Waals surface area contributed by atoms with E-state index in [0.29, 0.717) is 18.7 Å². The number of carbonyl (C=O) groups excluding carboxylic acids is 1. The highest BCUT2D eigenvalue weighted by Gasteiger charge is 2.33. The van der Waals surface area contributed by atoms with Gasteiger partial charge in [-0.2, -0.15) is 0 Å². The molecule has 0 radical (unpaired) electrons.